The third kappa shape index (κ3) is 6.84. The number of hydrogen-bond donors (Lipinski definition) is 1. The number of nitrogens with zero attached hydrogens (tertiary/aromatic N) is 1. The van der Waals surface area contributed by atoms with E-state index in [1.54, 1.807) is 0 Å². The molecule has 2 aromatic rings. The molecule has 0 aliphatic heterocycles. The first-order chi connectivity index (χ1) is 13.2. The number of carbonyl (C=O) groups is 1. The van der Waals surface area contributed by atoms with Crippen LogP contribution in [0.4, 0.5) is 13.2 Å². The molecule has 0 heterocycles. The molecule has 28 heavy (non-hydrogen) atoms. The topological polar surface area (TPSA) is 32.3 Å². The summed E-state index contributed by atoms with van der Waals surface area (Å²) in [6, 6.07) is 12.7. The van der Waals surface area contributed by atoms with Crippen molar-refractivity contribution in [3.63, 3.8) is 0 Å². The lowest BCUT2D eigenvalue weighted by molar-refractivity contribution is -0.137. The second-order valence-corrected chi connectivity index (χ2v) is 7.30. The van der Waals surface area contributed by atoms with Crippen molar-refractivity contribution in [1.82, 2.24) is 10.2 Å². The van der Waals surface area contributed by atoms with Gasteiger partial charge in [-0.2, -0.15) is 13.2 Å². The number of alkyl halides is 3. The third-order valence-corrected chi connectivity index (χ3v) is 4.79. The van der Waals surface area contributed by atoms with Gasteiger partial charge in [0.15, 0.2) is 0 Å². The molecule has 0 spiro atoms. The van der Waals surface area contributed by atoms with E-state index >= 15 is 0 Å². The van der Waals surface area contributed by atoms with Crippen LogP contribution in [0.2, 0.25) is 5.02 Å². The largest absolute Gasteiger partial charge is 0.416 e. The van der Waals surface area contributed by atoms with Gasteiger partial charge in [-0.25, -0.2) is 0 Å². The first-order valence-corrected chi connectivity index (χ1v) is 9.39. The molecule has 1 unspecified atom stereocenters. The van der Waals surface area contributed by atoms with Crippen LogP contribution in [-0.2, 0) is 17.4 Å². The Balaban J connectivity index is 1.79. The van der Waals surface area contributed by atoms with E-state index in [4.69, 9.17) is 11.6 Å². The Hall–Kier alpha value is -2.05. The van der Waals surface area contributed by atoms with Gasteiger partial charge >= 0.3 is 6.18 Å². The zero-order valence-electron chi connectivity index (χ0n) is 15.9. The van der Waals surface area contributed by atoms with E-state index in [0.29, 0.717) is 23.6 Å². The molecule has 1 amide bonds. The van der Waals surface area contributed by atoms with Crippen molar-refractivity contribution in [2.24, 2.45) is 0 Å². The lowest BCUT2D eigenvalue weighted by atomic mass is 10.0. The highest BCUT2D eigenvalue weighted by Crippen LogP contribution is 2.29. The van der Waals surface area contributed by atoms with Crippen LogP contribution in [0.3, 0.4) is 0 Å². The van der Waals surface area contributed by atoms with Gasteiger partial charge in [-0.15, -0.1) is 0 Å². The Morgan fingerprint density at radius 3 is 2.21 bits per heavy atom. The van der Waals surface area contributed by atoms with Crippen molar-refractivity contribution in [3.8, 4) is 0 Å². The molecule has 0 aliphatic rings. The number of carbonyl (C=O) groups excluding carboxylic acids is 1. The minimum atomic E-state index is -4.34. The summed E-state index contributed by atoms with van der Waals surface area (Å²) in [6.45, 7) is 0.511. The van der Waals surface area contributed by atoms with Crippen LogP contribution in [0.1, 0.15) is 35.6 Å². The van der Waals surface area contributed by atoms with Crippen molar-refractivity contribution < 1.29 is 18.0 Å². The number of nitrogens with one attached hydrogen (secondary N) is 1. The van der Waals surface area contributed by atoms with Crippen molar-refractivity contribution >= 4 is 17.5 Å². The highest BCUT2D eigenvalue weighted by molar-refractivity contribution is 6.30. The van der Waals surface area contributed by atoms with Gasteiger partial charge in [0.1, 0.15) is 0 Å². The van der Waals surface area contributed by atoms with Crippen LogP contribution in [0.25, 0.3) is 0 Å². The van der Waals surface area contributed by atoms with Crippen molar-refractivity contribution in [2.75, 3.05) is 20.6 Å². The zero-order chi connectivity index (χ0) is 20.7. The lowest BCUT2D eigenvalue weighted by Gasteiger charge is -2.25. The highest BCUT2D eigenvalue weighted by atomic mass is 35.5. The molecule has 0 saturated carbocycles. The molecular formula is C21H24ClF3N2O. The molecule has 3 nitrogen and oxygen atoms in total. The van der Waals surface area contributed by atoms with Gasteiger partial charge in [0.05, 0.1) is 5.56 Å². The Labute approximate surface area is 168 Å². The molecule has 0 fully saturated rings. The predicted octanol–water partition coefficient (Wildman–Crippen LogP) is 5.10. The van der Waals surface area contributed by atoms with E-state index in [9.17, 15) is 18.0 Å². The number of hydrogen-bond acceptors (Lipinski definition) is 2. The quantitative estimate of drug-likeness (QED) is 0.654. The van der Waals surface area contributed by atoms with Crippen molar-refractivity contribution in [3.05, 3.63) is 70.2 Å². The smallest absolute Gasteiger partial charge is 0.356 e. The number of benzene rings is 2. The average molecular weight is 413 g/mol. The summed E-state index contributed by atoms with van der Waals surface area (Å²) in [5, 5.41) is 3.56. The number of rotatable bonds is 8. The van der Waals surface area contributed by atoms with Crippen LogP contribution in [0.15, 0.2) is 48.5 Å². The van der Waals surface area contributed by atoms with Crippen molar-refractivity contribution in [2.45, 2.75) is 31.5 Å². The monoisotopic (exact) mass is 412 g/mol. The lowest BCUT2D eigenvalue weighted by Crippen LogP contribution is -2.29. The molecule has 0 saturated heterocycles. The second-order valence-electron chi connectivity index (χ2n) is 6.86. The average Bonchev–Trinajstić information content (AvgIpc) is 2.64. The van der Waals surface area contributed by atoms with Gasteiger partial charge in [0, 0.05) is 24.0 Å². The summed E-state index contributed by atoms with van der Waals surface area (Å²) in [5.41, 5.74) is 1.14. The van der Waals surface area contributed by atoms with Crippen LogP contribution in [0.5, 0.6) is 0 Å². The standard InChI is InChI=1S/C21H24ClF3N2O/c1-27(2)19(16-6-10-18(22)11-7-16)13-14-26-20(28)12-5-15-3-8-17(9-4-15)21(23,24)25/h3-4,6-11,19H,5,12-14H2,1-2H3,(H,26,28). The normalized spacial score (nSPS) is 12.8. The molecule has 2 rings (SSSR count). The van der Waals surface area contributed by atoms with E-state index < -0.39 is 11.7 Å². The maximum Gasteiger partial charge on any atom is 0.416 e. The molecule has 0 bridgehead atoms. The third-order valence-electron chi connectivity index (χ3n) is 4.54. The first-order valence-electron chi connectivity index (χ1n) is 9.01. The summed E-state index contributed by atoms with van der Waals surface area (Å²) in [5.74, 6) is -0.117. The number of amides is 1. The number of halogens is 4. The molecule has 7 heteroatoms. The molecule has 0 radical (unpaired) electrons. The molecule has 1 N–H and O–H groups in total. The fourth-order valence-corrected chi connectivity index (χ4v) is 3.09. The minimum Gasteiger partial charge on any atom is -0.356 e. The summed E-state index contributed by atoms with van der Waals surface area (Å²) in [6.07, 6.45) is -2.97. The van der Waals surface area contributed by atoms with Crippen LogP contribution in [0, 0.1) is 0 Å². The molecular weight excluding hydrogens is 389 g/mol. The maximum atomic E-state index is 12.6. The van der Waals surface area contributed by atoms with Crippen LogP contribution in [-0.4, -0.2) is 31.4 Å². The number of aryl methyl sites for hydroxylation is 1. The van der Waals surface area contributed by atoms with Gasteiger partial charge in [-0.05, 0) is 62.3 Å². The maximum absolute atomic E-state index is 12.6. The van der Waals surface area contributed by atoms with Gasteiger partial charge in [0.2, 0.25) is 5.91 Å². The van der Waals surface area contributed by atoms with Gasteiger partial charge in [-0.1, -0.05) is 35.9 Å². The second kappa shape index (κ2) is 9.94. The molecule has 0 aromatic heterocycles. The first kappa shape index (κ1) is 22.2. The molecule has 152 valence electrons. The van der Waals surface area contributed by atoms with E-state index in [2.05, 4.69) is 10.2 Å². The minimum absolute atomic E-state index is 0.117. The Morgan fingerprint density at radius 2 is 1.68 bits per heavy atom. The molecule has 0 aliphatic carbocycles. The van der Waals surface area contributed by atoms with Gasteiger partial charge < -0.3 is 10.2 Å². The highest BCUT2D eigenvalue weighted by Gasteiger charge is 2.29. The van der Waals surface area contributed by atoms with E-state index in [1.165, 1.54) is 12.1 Å². The molecule has 2 aromatic carbocycles. The Bertz CT molecular complexity index is 759. The van der Waals surface area contributed by atoms with Crippen molar-refractivity contribution in [1.29, 1.82) is 0 Å². The Morgan fingerprint density at radius 1 is 1.07 bits per heavy atom. The molecule has 1 atom stereocenters. The van der Waals surface area contributed by atoms with Crippen LogP contribution < -0.4 is 5.32 Å². The Kier molecular flexibility index (Phi) is 7.89. The summed E-state index contributed by atoms with van der Waals surface area (Å²) in [7, 11) is 3.96. The van der Waals surface area contributed by atoms with E-state index in [-0.39, 0.29) is 18.4 Å². The van der Waals surface area contributed by atoms with E-state index in [1.807, 2.05) is 38.4 Å². The van der Waals surface area contributed by atoms with Crippen LogP contribution >= 0.6 is 11.6 Å². The summed E-state index contributed by atoms with van der Waals surface area (Å²) >= 11 is 5.93. The zero-order valence-corrected chi connectivity index (χ0v) is 16.6. The van der Waals surface area contributed by atoms with Gasteiger partial charge in [0.25, 0.3) is 0 Å². The SMILES string of the molecule is CN(C)C(CCNC(=O)CCc1ccc(C(F)(F)F)cc1)c1ccc(Cl)cc1. The fourth-order valence-electron chi connectivity index (χ4n) is 2.96. The fraction of sp³-hybridized carbons (Fsp3) is 0.381. The van der Waals surface area contributed by atoms with Gasteiger partial charge in [-0.3, -0.25) is 4.79 Å². The van der Waals surface area contributed by atoms with E-state index in [0.717, 1.165) is 24.1 Å². The summed E-state index contributed by atoms with van der Waals surface area (Å²) in [4.78, 5) is 14.1. The predicted molar refractivity (Wildman–Crippen MR) is 105 cm³/mol. The summed E-state index contributed by atoms with van der Waals surface area (Å²) < 4.78 is 37.7.